The molecule has 0 aliphatic carbocycles. The first-order chi connectivity index (χ1) is 16.0. The molecule has 0 saturated carbocycles. The molecule has 0 bridgehead atoms. The second-order valence-corrected chi connectivity index (χ2v) is 9.00. The molecule has 0 aliphatic rings. The molecule has 0 radical (unpaired) electrons. The van der Waals surface area contributed by atoms with Gasteiger partial charge in [0, 0.05) is 22.6 Å². The van der Waals surface area contributed by atoms with Crippen molar-refractivity contribution in [3.8, 4) is 5.75 Å². The summed E-state index contributed by atoms with van der Waals surface area (Å²) >= 11 is 7.40. The van der Waals surface area contributed by atoms with Crippen LogP contribution in [-0.4, -0.2) is 26.4 Å². The van der Waals surface area contributed by atoms with Crippen LogP contribution in [0.15, 0.2) is 65.8 Å². The average Bonchev–Trinajstić information content (AvgIpc) is 3.23. The summed E-state index contributed by atoms with van der Waals surface area (Å²) in [6.07, 6.45) is -0.309. The number of nitrogens with one attached hydrogen (secondary N) is 1. The number of fused-ring (bicyclic) bond motifs is 1. The van der Waals surface area contributed by atoms with E-state index in [0.717, 1.165) is 27.8 Å². The predicted octanol–water partition coefficient (Wildman–Crippen LogP) is 6.28. The summed E-state index contributed by atoms with van der Waals surface area (Å²) in [5.41, 5.74) is 1.76. The lowest BCUT2D eigenvalue weighted by Crippen LogP contribution is -2.15. The number of anilines is 1. The number of aromatic nitrogens is 3. The number of hydrogen-bond donors (Lipinski definition) is 1. The van der Waals surface area contributed by atoms with Crippen LogP contribution in [0.5, 0.6) is 5.75 Å². The maximum Gasteiger partial charge on any atom is 0.234 e. The molecule has 0 aliphatic heterocycles. The zero-order valence-electron chi connectivity index (χ0n) is 18.7. The van der Waals surface area contributed by atoms with Gasteiger partial charge in [0.05, 0.1) is 5.75 Å². The van der Waals surface area contributed by atoms with E-state index in [4.69, 9.17) is 16.3 Å². The van der Waals surface area contributed by atoms with Crippen molar-refractivity contribution in [2.24, 2.45) is 0 Å². The molecule has 8 heteroatoms. The molecule has 4 rings (SSSR count). The molecular formula is C25H25ClN4O2S. The Morgan fingerprint density at radius 3 is 2.73 bits per heavy atom. The van der Waals surface area contributed by atoms with Crippen LogP contribution < -0.4 is 10.1 Å². The topological polar surface area (TPSA) is 69.0 Å². The van der Waals surface area contributed by atoms with Gasteiger partial charge in [-0.1, -0.05) is 59.8 Å². The van der Waals surface area contributed by atoms with Crippen molar-refractivity contribution < 1.29 is 9.53 Å². The number of halogens is 1. The number of carbonyl (C=O) groups is 1. The van der Waals surface area contributed by atoms with Gasteiger partial charge in [-0.2, -0.15) is 0 Å². The molecule has 1 unspecified atom stereocenters. The molecule has 1 N–H and O–H groups in total. The van der Waals surface area contributed by atoms with Gasteiger partial charge >= 0.3 is 0 Å². The Labute approximate surface area is 202 Å². The van der Waals surface area contributed by atoms with E-state index in [2.05, 4.69) is 15.5 Å². The number of nitrogens with zero attached hydrogens (tertiary/aromatic N) is 3. The smallest absolute Gasteiger partial charge is 0.234 e. The normalized spacial score (nSPS) is 12.0. The second-order valence-electron chi connectivity index (χ2n) is 7.62. The molecule has 1 atom stereocenters. The molecule has 0 spiro atoms. The number of hydrogen-bond acceptors (Lipinski definition) is 5. The van der Waals surface area contributed by atoms with Gasteiger partial charge in [-0.25, -0.2) is 0 Å². The summed E-state index contributed by atoms with van der Waals surface area (Å²) in [6.45, 7) is 6.58. The van der Waals surface area contributed by atoms with Crippen molar-refractivity contribution in [1.82, 2.24) is 14.8 Å². The van der Waals surface area contributed by atoms with E-state index in [0.29, 0.717) is 22.5 Å². The van der Waals surface area contributed by atoms with E-state index in [1.165, 1.54) is 11.8 Å². The monoisotopic (exact) mass is 480 g/mol. The van der Waals surface area contributed by atoms with Crippen molar-refractivity contribution in [2.45, 2.75) is 38.6 Å². The lowest BCUT2D eigenvalue weighted by molar-refractivity contribution is -0.113. The minimum absolute atomic E-state index is 0.0929. The zero-order valence-corrected chi connectivity index (χ0v) is 20.3. The van der Waals surface area contributed by atoms with E-state index < -0.39 is 0 Å². The molecule has 1 aromatic heterocycles. The third-order valence-corrected chi connectivity index (χ3v) is 6.46. The fourth-order valence-electron chi connectivity index (χ4n) is 3.64. The van der Waals surface area contributed by atoms with Crippen molar-refractivity contribution >= 4 is 45.7 Å². The van der Waals surface area contributed by atoms with Gasteiger partial charge in [0.1, 0.15) is 5.75 Å². The van der Waals surface area contributed by atoms with Gasteiger partial charge in [0.25, 0.3) is 0 Å². The number of thioether (sulfide) groups is 1. The van der Waals surface area contributed by atoms with Gasteiger partial charge in [-0.3, -0.25) is 4.79 Å². The van der Waals surface area contributed by atoms with Gasteiger partial charge in [0.2, 0.25) is 5.91 Å². The number of amides is 1. The Bertz CT molecular complexity index is 1290. The Morgan fingerprint density at radius 1 is 1.15 bits per heavy atom. The van der Waals surface area contributed by atoms with E-state index in [1.807, 2.05) is 79.9 Å². The summed E-state index contributed by atoms with van der Waals surface area (Å²) in [6, 6.07) is 19.4. The number of carbonyl (C=O) groups excluding carboxylic acids is 1. The number of benzene rings is 3. The first kappa shape index (κ1) is 23.1. The van der Waals surface area contributed by atoms with E-state index in [-0.39, 0.29) is 17.8 Å². The Morgan fingerprint density at radius 2 is 1.94 bits per heavy atom. The first-order valence-electron chi connectivity index (χ1n) is 10.7. The van der Waals surface area contributed by atoms with Crippen LogP contribution in [0, 0.1) is 6.92 Å². The van der Waals surface area contributed by atoms with Crippen LogP contribution in [0.4, 0.5) is 5.69 Å². The highest BCUT2D eigenvalue weighted by Crippen LogP contribution is 2.29. The average molecular weight is 481 g/mol. The van der Waals surface area contributed by atoms with Crippen LogP contribution in [0.3, 0.4) is 0 Å². The lowest BCUT2D eigenvalue weighted by Gasteiger charge is -2.17. The third-order valence-electron chi connectivity index (χ3n) is 5.26. The van der Waals surface area contributed by atoms with Crippen molar-refractivity contribution in [1.29, 1.82) is 0 Å². The predicted molar refractivity (Wildman–Crippen MR) is 134 cm³/mol. The van der Waals surface area contributed by atoms with Crippen molar-refractivity contribution in [2.75, 3.05) is 11.1 Å². The molecule has 0 fully saturated rings. The van der Waals surface area contributed by atoms with Crippen molar-refractivity contribution in [3.05, 3.63) is 77.1 Å². The third kappa shape index (κ3) is 5.31. The fourth-order valence-corrected chi connectivity index (χ4v) is 4.68. The minimum Gasteiger partial charge on any atom is -0.482 e. The van der Waals surface area contributed by atoms with Gasteiger partial charge in [0.15, 0.2) is 17.1 Å². The second kappa shape index (κ2) is 10.3. The Hall–Kier alpha value is -3.03. The largest absolute Gasteiger partial charge is 0.482 e. The summed E-state index contributed by atoms with van der Waals surface area (Å²) in [4.78, 5) is 12.7. The Kier molecular flexibility index (Phi) is 7.20. The van der Waals surface area contributed by atoms with Crippen LogP contribution in [0.25, 0.3) is 10.8 Å². The summed E-state index contributed by atoms with van der Waals surface area (Å²) in [5.74, 6) is 1.60. The molecule has 33 heavy (non-hydrogen) atoms. The van der Waals surface area contributed by atoms with Gasteiger partial charge in [-0.15, -0.1) is 10.2 Å². The number of aryl methyl sites for hydroxylation is 1. The van der Waals surface area contributed by atoms with E-state index in [1.54, 1.807) is 6.07 Å². The maximum absolute atomic E-state index is 12.7. The van der Waals surface area contributed by atoms with Gasteiger partial charge < -0.3 is 14.6 Å². The molecule has 0 saturated heterocycles. The fraction of sp³-hybridized carbons (Fsp3) is 0.240. The molecular weight excluding hydrogens is 456 g/mol. The highest BCUT2D eigenvalue weighted by atomic mass is 35.5. The summed E-state index contributed by atoms with van der Waals surface area (Å²) in [5, 5.41) is 15.1. The van der Waals surface area contributed by atoms with E-state index >= 15 is 0 Å². The summed E-state index contributed by atoms with van der Waals surface area (Å²) in [7, 11) is 0. The minimum atomic E-state index is -0.309. The highest BCUT2D eigenvalue weighted by Gasteiger charge is 2.20. The van der Waals surface area contributed by atoms with Crippen LogP contribution in [0.2, 0.25) is 5.02 Å². The summed E-state index contributed by atoms with van der Waals surface area (Å²) < 4.78 is 8.09. The molecule has 4 aromatic rings. The highest BCUT2D eigenvalue weighted by molar-refractivity contribution is 7.99. The van der Waals surface area contributed by atoms with E-state index in [9.17, 15) is 4.79 Å². The molecule has 1 heterocycles. The van der Waals surface area contributed by atoms with Crippen LogP contribution in [0.1, 0.15) is 31.3 Å². The first-order valence-corrected chi connectivity index (χ1v) is 12.1. The maximum atomic E-state index is 12.7. The lowest BCUT2D eigenvalue weighted by atomic mass is 10.1. The number of ether oxygens (including phenoxy) is 1. The quantitative estimate of drug-likeness (QED) is 0.300. The molecule has 1 amide bonds. The number of rotatable bonds is 8. The van der Waals surface area contributed by atoms with Crippen molar-refractivity contribution in [3.63, 3.8) is 0 Å². The molecule has 3 aromatic carbocycles. The molecule has 170 valence electrons. The van der Waals surface area contributed by atoms with Crippen LogP contribution in [-0.2, 0) is 11.3 Å². The van der Waals surface area contributed by atoms with Gasteiger partial charge in [-0.05, 0) is 56.0 Å². The Balaban J connectivity index is 1.43. The standard InChI is InChI=1S/C25H25ClN4O2S/c1-4-30-24(17(3)32-22-13-12-19(26)14-16(22)2)28-29-25(30)33-15-23(31)27-21-11-7-9-18-8-5-6-10-20(18)21/h5-14,17H,4,15H2,1-3H3,(H,27,31). The van der Waals surface area contributed by atoms with Crippen LogP contribution >= 0.6 is 23.4 Å². The molecule has 6 nitrogen and oxygen atoms in total. The SMILES string of the molecule is CCn1c(SCC(=O)Nc2cccc3ccccc23)nnc1C(C)Oc1ccc(Cl)cc1C. The zero-order chi connectivity index (χ0) is 23.4.